The van der Waals surface area contributed by atoms with E-state index >= 15 is 0 Å². The summed E-state index contributed by atoms with van der Waals surface area (Å²) in [6.45, 7) is 0. The number of benzene rings is 3. The zero-order valence-corrected chi connectivity index (χ0v) is 22.8. The summed E-state index contributed by atoms with van der Waals surface area (Å²) in [6.07, 6.45) is 0. The molecule has 2 heterocycles. The van der Waals surface area contributed by atoms with Crippen molar-refractivity contribution in [3.8, 4) is 11.5 Å². The second-order valence-electron chi connectivity index (χ2n) is 8.75. The number of rotatable bonds is 8. The fourth-order valence-electron chi connectivity index (χ4n) is 4.68. The number of hydrogen-bond acceptors (Lipinski definition) is 10. The van der Waals surface area contributed by atoms with E-state index in [0.717, 1.165) is 0 Å². The van der Waals surface area contributed by atoms with E-state index in [0.29, 0.717) is 22.5 Å². The van der Waals surface area contributed by atoms with Gasteiger partial charge in [-0.15, -0.1) is 23.5 Å². The highest BCUT2D eigenvalue weighted by Crippen LogP contribution is 2.46. The van der Waals surface area contributed by atoms with Crippen LogP contribution in [-0.2, 0) is 9.59 Å². The number of carbonyl (C=O) groups is 2. The Bertz CT molecular complexity index is 1400. The van der Waals surface area contributed by atoms with Crippen molar-refractivity contribution in [2.24, 2.45) is 0 Å². The number of nitrogens with zero attached hydrogens (tertiary/aromatic N) is 4. The number of amides is 2. The van der Waals surface area contributed by atoms with Crippen LogP contribution in [0.15, 0.2) is 60.7 Å². The molecule has 3 aromatic rings. The van der Waals surface area contributed by atoms with E-state index in [1.54, 1.807) is 46.2 Å². The van der Waals surface area contributed by atoms with Gasteiger partial charge in [0, 0.05) is 23.5 Å². The van der Waals surface area contributed by atoms with Crippen LogP contribution in [0.25, 0.3) is 0 Å². The van der Waals surface area contributed by atoms with Crippen LogP contribution in [0.3, 0.4) is 0 Å². The lowest BCUT2D eigenvalue weighted by Gasteiger charge is -2.27. The zero-order valence-electron chi connectivity index (χ0n) is 21.2. The second-order valence-corrected chi connectivity index (χ2v) is 10.9. The van der Waals surface area contributed by atoms with Crippen molar-refractivity contribution in [2.75, 3.05) is 35.5 Å². The summed E-state index contributed by atoms with van der Waals surface area (Å²) >= 11 is 2.71. The molecule has 0 aromatic heterocycles. The molecule has 3 aromatic carbocycles. The van der Waals surface area contributed by atoms with Crippen molar-refractivity contribution in [3.05, 3.63) is 92.0 Å². The highest BCUT2D eigenvalue weighted by atomic mass is 32.2. The van der Waals surface area contributed by atoms with E-state index in [9.17, 15) is 29.8 Å². The lowest BCUT2D eigenvalue weighted by Crippen LogP contribution is -2.29. The van der Waals surface area contributed by atoms with Crippen LogP contribution in [0.4, 0.5) is 22.7 Å². The van der Waals surface area contributed by atoms with Gasteiger partial charge in [-0.25, -0.2) is 0 Å². The first-order valence-electron chi connectivity index (χ1n) is 11.9. The summed E-state index contributed by atoms with van der Waals surface area (Å²) in [6, 6.07) is 16.1. The molecule has 0 N–H and O–H groups in total. The molecule has 0 bridgehead atoms. The molecule has 0 spiro atoms. The molecule has 14 heteroatoms. The molecule has 0 radical (unpaired) electrons. The standard InChI is InChI=1S/C26H22N4O8S2/c1-37-21-9-3-15(11-19(21)29(33)34)25-27(23(31)13-39-25)17-5-7-18(8-6-17)28-24(32)14-40-26(28)16-4-10-22(38-2)20(12-16)30(35)36/h3-12,25-26H,13-14H2,1-2H3. The second kappa shape index (κ2) is 11.1. The van der Waals surface area contributed by atoms with Gasteiger partial charge in [0.15, 0.2) is 11.5 Å². The van der Waals surface area contributed by atoms with E-state index in [2.05, 4.69) is 0 Å². The first-order valence-corrected chi connectivity index (χ1v) is 13.9. The third kappa shape index (κ3) is 4.91. The number of methoxy groups -OCH3 is 2. The Morgan fingerprint density at radius 1 is 0.700 bits per heavy atom. The van der Waals surface area contributed by atoms with Crippen molar-refractivity contribution in [2.45, 2.75) is 10.7 Å². The molecule has 0 saturated carbocycles. The summed E-state index contributed by atoms with van der Waals surface area (Å²) in [4.78, 5) is 50.9. The van der Waals surface area contributed by atoms with Gasteiger partial charge in [0.25, 0.3) is 0 Å². The number of carbonyl (C=O) groups excluding carboxylic acids is 2. The lowest BCUT2D eigenvalue weighted by molar-refractivity contribution is -0.385. The Balaban J connectivity index is 1.44. The maximum atomic E-state index is 12.9. The summed E-state index contributed by atoms with van der Waals surface area (Å²) in [7, 11) is 2.71. The monoisotopic (exact) mass is 582 g/mol. The molecule has 206 valence electrons. The van der Waals surface area contributed by atoms with Crippen molar-refractivity contribution in [1.29, 1.82) is 0 Å². The van der Waals surface area contributed by atoms with Crippen LogP contribution in [-0.4, -0.2) is 47.4 Å². The van der Waals surface area contributed by atoms with Gasteiger partial charge < -0.3 is 9.47 Å². The smallest absolute Gasteiger partial charge is 0.311 e. The number of thioether (sulfide) groups is 2. The maximum Gasteiger partial charge on any atom is 0.311 e. The summed E-state index contributed by atoms with van der Waals surface area (Å²) in [5.41, 5.74) is 1.92. The SMILES string of the molecule is COc1ccc(C2SCC(=O)N2c2ccc(N3C(=O)CSC3c3ccc(OC)c([N+](=O)[O-])c3)cc2)cc1[N+](=O)[O-]. The van der Waals surface area contributed by atoms with Crippen molar-refractivity contribution >= 4 is 58.1 Å². The number of nitro groups is 2. The largest absolute Gasteiger partial charge is 0.490 e. The van der Waals surface area contributed by atoms with E-state index in [1.807, 2.05) is 0 Å². The minimum absolute atomic E-state index is 0.129. The highest BCUT2D eigenvalue weighted by molar-refractivity contribution is 8.01. The van der Waals surface area contributed by atoms with Gasteiger partial charge in [0.1, 0.15) is 10.7 Å². The topological polar surface area (TPSA) is 145 Å². The van der Waals surface area contributed by atoms with Gasteiger partial charge in [0.2, 0.25) is 11.8 Å². The minimum atomic E-state index is -0.526. The maximum absolute atomic E-state index is 12.9. The van der Waals surface area contributed by atoms with Gasteiger partial charge in [-0.3, -0.25) is 39.6 Å². The quantitative estimate of drug-likeness (QED) is 0.260. The van der Waals surface area contributed by atoms with Gasteiger partial charge in [-0.2, -0.15) is 0 Å². The third-order valence-electron chi connectivity index (χ3n) is 6.51. The Labute approximate surface area is 236 Å². The molecule has 12 nitrogen and oxygen atoms in total. The number of ether oxygens (including phenoxy) is 2. The lowest BCUT2D eigenvalue weighted by atomic mass is 10.1. The predicted octanol–water partition coefficient (Wildman–Crippen LogP) is 5.08. The average molecular weight is 583 g/mol. The van der Waals surface area contributed by atoms with Crippen LogP contribution >= 0.6 is 23.5 Å². The fourth-order valence-corrected chi connectivity index (χ4v) is 7.01. The normalized spacial score (nSPS) is 18.8. The molecular weight excluding hydrogens is 560 g/mol. The van der Waals surface area contributed by atoms with Crippen LogP contribution < -0.4 is 19.3 Å². The van der Waals surface area contributed by atoms with Gasteiger partial charge >= 0.3 is 11.4 Å². The Morgan fingerprint density at radius 2 is 1.07 bits per heavy atom. The molecule has 2 saturated heterocycles. The highest BCUT2D eigenvalue weighted by Gasteiger charge is 2.37. The minimum Gasteiger partial charge on any atom is -0.490 e. The zero-order chi connectivity index (χ0) is 28.6. The molecule has 2 amide bonds. The van der Waals surface area contributed by atoms with E-state index in [4.69, 9.17) is 9.47 Å². The number of hydrogen-bond donors (Lipinski definition) is 0. The van der Waals surface area contributed by atoms with Crippen molar-refractivity contribution in [1.82, 2.24) is 0 Å². The molecule has 2 fully saturated rings. The molecule has 2 atom stereocenters. The molecule has 0 aliphatic carbocycles. The van der Waals surface area contributed by atoms with Gasteiger partial charge in [-0.1, -0.05) is 12.1 Å². The van der Waals surface area contributed by atoms with Crippen molar-refractivity contribution in [3.63, 3.8) is 0 Å². The predicted molar refractivity (Wildman–Crippen MR) is 151 cm³/mol. The molecule has 5 rings (SSSR count). The van der Waals surface area contributed by atoms with E-state index in [1.165, 1.54) is 62.0 Å². The Hall–Kier alpha value is -4.30. The molecular formula is C26H22N4O8S2. The summed E-state index contributed by atoms with van der Waals surface area (Å²) < 4.78 is 10.2. The molecule has 2 unspecified atom stereocenters. The molecule has 40 heavy (non-hydrogen) atoms. The van der Waals surface area contributed by atoms with E-state index in [-0.39, 0.29) is 46.2 Å². The Kier molecular flexibility index (Phi) is 7.54. The number of anilines is 2. The van der Waals surface area contributed by atoms with Crippen LogP contribution in [0.1, 0.15) is 21.9 Å². The van der Waals surface area contributed by atoms with Crippen molar-refractivity contribution < 1.29 is 28.9 Å². The van der Waals surface area contributed by atoms with Crippen LogP contribution in [0, 0.1) is 20.2 Å². The Morgan fingerprint density at radius 3 is 1.40 bits per heavy atom. The first-order chi connectivity index (χ1) is 19.2. The fraction of sp³-hybridized carbons (Fsp3) is 0.231. The van der Waals surface area contributed by atoms with E-state index < -0.39 is 20.6 Å². The molecule has 2 aliphatic rings. The average Bonchev–Trinajstić information content (AvgIpc) is 3.54. The number of nitro benzene ring substituents is 2. The summed E-state index contributed by atoms with van der Waals surface area (Å²) in [5.74, 6) is 0.347. The van der Waals surface area contributed by atoms with Crippen LogP contribution in [0.2, 0.25) is 0 Å². The first kappa shape index (κ1) is 27.3. The van der Waals surface area contributed by atoms with Gasteiger partial charge in [-0.05, 0) is 47.5 Å². The van der Waals surface area contributed by atoms with Gasteiger partial charge in [0.05, 0.1) is 35.6 Å². The van der Waals surface area contributed by atoms with Crippen LogP contribution in [0.5, 0.6) is 11.5 Å². The third-order valence-corrected chi connectivity index (χ3v) is 8.94. The summed E-state index contributed by atoms with van der Waals surface area (Å²) in [5, 5.41) is 22.1. The molecule has 2 aliphatic heterocycles.